The van der Waals surface area contributed by atoms with E-state index in [4.69, 9.17) is 5.73 Å². The van der Waals surface area contributed by atoms with Gasteiger partial charge in [0.2, 0.25) is 5.91 Å². The van der Waals surface area contributed by atoms with E-state index >= 15 is 0 Å². The van der Waals surface area contributed by atoms with Crippen LogP contribution in [0.5, 0.6) is 0 Å². The van der Waals surface area contributed by atoms with Gasteiger partial charge in [-0.25, -0.2) is 0 Å². The van der Waals surface area contributed by atoms with Gasteiger partial charge in [0.05, 0.1) is 6.54 Å². The Balaban J connectivity index is 1.98. The molecule has 1 amide bonds. The van der Waals surface area contributed by atoms with Gasteiger partial charge in [-0.3, -0.25) is 9.69 Å². The van der Waals surface area contributed by atoms with Gasteiger partial charge in [0, 0.05) is 31.2 Å². The predicted molar refractivity (Wildman–Crippen MR) is 73.3 cm³/mol. The van der Waals surface area contributed by atoms with Gasteiger partial charge in [-0.2, -0.15) is 0 Å². The third-order valence-electron chi connectivity index (χ3n) is 4.60. The van der Waals surface area contributed by atoms with Gasteiger partial charge in [-0.1, -0.05) is 6.42 Å². The Morgan fingerprint density at radius 1 is 1.22 bits per heavy atom. The van der Waals surface area contributed by atoms with Crippen LogP contribution in [0.1, 0.15) is 46.0 Å². The minimum absolute atomic E-state index is 0.285. The summed E-state index contributed by atoms with van der Waals surface area (Å²) in [6, 6.07) is 1.44. The number of hydrogen-bond donors (Lipinski definition) is 1. The number of hydrogen-bond acceptors (Lipinski definition) is 3. The van der Waals surface area contributed by atoms with E-state index in [1.165, 1.54) is 19.3 Å². The van der Waals surface area contributed by atoms with Crippen LogP contribution in [0.15, 0.2) is 0 Å². The van der Waals surface area contributed by atoms with Crippen LogP contribution >= 0.6 is 0 Å². The number of fused-ring (bicyclic) bond motifs is 2. The lowest BCUT2D eigenvalue weighted by atomic mass is 9.82. The molecule has 18 heavy (non-hydrogen) atoms. The van der Waals surface area contributed by atoms with E-state index in [0.29, 0.717) is 24.7 Å². The predicted octanol–water partition coefficient (Wildman–Crippen LogP) is 1.20. The SMILES string of the molecule is CCN(CC)C(=O)CN1C2CCCC1CC(N)C2. The van der Waals surface area contributed by atoms with Crippen LogP contribution in [0.4, 0.5) is 0 Å². The Morgan fingerprint density at radius 2 is 1.78 bits per heavy atom. The fourth-order valence-electron chi connectivity index (χ4n) is 3.61. The summed E-state index contributed by atoms with van der Waals surface area (Å²) in [6.07, 6.45) is 5.88. The molecule has 0 aromatic rings. The summed E-state index contributed by atoms with van der Waals surface area (Å²) < 4.78 is 0. The molecule has 0 aliphatic carbocycles. The molecule has 2 unspecified atom stereocenters. The van der Waals surface area contributed by atoms with Gasteiger partial charge >= 0.3 is 0 Å². The third kappa shape index (κ3) is 2.86. The van der Waals surface area contributed by atoms with Crippen LogP contribution in [-0.2, 0) is 4.79 Å². The number of nitrogens with zero attached hydrogens (tertiary/aromatic N) is 2. The van der Waals surface area contributed by atoms with Crippen LogP contribution in [0.2, 0.25) is 0 Å². The van der Waals surface area contributed by atoms with Gasteiger partial charge in [-0.15, -0.1) is 0 Å². The average Bonchev–Trinajstić information content (AvgIpc) is 2.32. The van der Waals surface area contributed by atoms with Crippen molar-refractivity contribution in [3.8, 4) is 0 Å². The van der Waals surface area contributed by atoms with E-state index in [9.17, 15) is 4.79 Å². The first-order valence-corrected chi connectivity index (χ1v) is 7.44. The highest BCUT2D eigenvalue weighted by atomic mass is 16.2. The van der Waals surface area contributed by atoms with Crippen molar-refractivity contribution in [2.45, 2.75) is 64.1 Å². The molecule has 0 saturated carbocycles. The molecule has 2 aliphatic heterocycles. The zero-order chi connectivity index (χ0) is 13.1. The van der Waals surface area contributed by atoms with Crippen molar-refractivity contribution >= 4 is 5.91 Å². The standard InChI is InChI=1S/C14H27N3O/c1-3-16(4-2)14(18)10-17-12-6-5-7-13(17)9-11(15)8-12/h11-13H,3-10,15H2,1-2H3. The molecule has 0 radical (unpaired) electrons. The van der Waals surface area contributed by atoms with Gasteiger partial charge in [0.1, 0.15) is 0 Å². The van der Waals surface area contributed by atoms with Crippen molar-refractivity contribution in [2.24, 2.45) is 5.73 Å². The summed E-state index contributed by atoms with van der Waals surface area (Å²) >= 11 is 0. The van der Waals surface area contributed by atoms with Crippen LogP contribution in [0.25, 0.3) is 0 Å². The van der Waals surface area contributed by atoms with Gasteiger partial charge < -0.3 is 10.6 Å². The molecule has 2 saturated heterocycles. The molecule has 2 bridgehead atoms. The maximum Gasteiger partial charge on any atom is 0.236 e. The monoisotopic (exact) mass is 253 g/mol. The zero-order valence-corrected chi connectivity index (χ0v) is 11.8. The van der Waals surface area contributed by atoms with Crippen LogP contribution in [0, 0.1) is 0 Å². The van der Waals surface area contributed by atoms with Gasteiger partial charge in [0.15, 0.2) is 0 Å². The molecule has 2 atom stereocenters. The van der Waals surface area contributed by atoms with Crippen molar-refractivity contribution < 1.29 is 4.79 Å². The van der Waals surface area contributed by atoms with Crippen molar-refractivity contribution in [1.82, 2.24) is 9.80 Å². The quantitative estimate of drug-likeness (QED) is 0.819. The molecule has 0 spiro atoms. The van der Waals surface area contributed by atoms with Crippen LogP contribution in [0.3, 0.4) is 0 Å². The second-order valence-electron chi connectivity index (χ2n) is 5.71. The number of carbonyl (C=O) groups is 1. The molecule has 2 heterocycles. The van der Waals surface area contributed by atoms with E-state index in [-0.39, 0.29) is 5.91 Å². The summed E-state index contributed by atoms with van der Waals surface area (Å²) in [4.78, 5) is 16.6. The number of likely N-dealkylation sites (N-methyl/N-ethyl adjacent to an activating group) is 1. The maximum atomic E-state index is 12.2. The first-order valence-electron chi connectivity index (χ1n) is 7.44. The van der Waals surface area contributed by atoms with Gasteiger partial charge in [-0.05, 0) is 39.5 Å². The van der Waals surface area contributed by atoms with Crippen LogP contribution in [-0.4, -0.2) is 53.5 Å². The number of nitrogens with two attached hydrogens (primary N) is 1. The molecular formula is C14H27N3O. The van der Waals surface area contributed by atoms with E-state index in [2.05, 4.69) is 4.90 Å². The smallest absolute Gasteiger partial charge is 0.236 e. The van der Waals surface area contributed by atoms with Crippen molar-refractivity contribution in [3.05, 3.63) is 0 Å². The Hall–Kier alpha value is -0.610. The largest absolute Gasteiger partial charge is 0.342 e. The molecule has 0 aromatic carbocycles. The molecule has 4 nitrogen and oxygen atoms in total. The van der Waals surface area contributed by atoms with Crippen molar-refractivity contribution in [3.63, 3.8) is 0 Å². The topological polar surface area (TPSA) is 49.6 Å². The number of piperidine rings is 2. The number of carbonyl (C=O) groups excluding carboxylic acids is 1. The second-order valence-corrected chi connectivity index (χ2v) is 5.71. The molecule has 2 aliphatic rings. The first kappa shape index (κ1) is 13.8. The molecular weight excluding hydrogens is 226 g/mol. The summed E-state index contributed by atoms with van der Waals surface area (Å²) in [6.45, 7) is 6.34. The van der Waals surface area contributed by atoms with E-state index in [1.807, 2.05) is 18.7 Å². The van der Waals surface area contributed by atoms with Crippen molar-refractivity contribution in [1.29, 1.82) is 0 Å². The normalized spacial score (nSPS) is 32.3. The molecule has 0 aromatic heterocycles. The molecule has 104 valence electrons. The molecule has 4 heteroatoms. The lowest BCUT2D eigenvalue weighted by Gasteiger charge is -2.48. The first-order chi connectivity index (χ1) is 8.65. The number of rotatable bonds is 4. The Morgan fingerprint density at radius 3 is 2.28 bits per heavy atom. The number of amides is 1. The molecule has 2 rings (SSSR count). The summed E-state index contributed by atoms with van der Waals surface area (Å²) in [5.74, 6) is 0.285. The lowest BCUT2D eigenvalue weighted by molar-refractivity contribution is -0.135. The highest BCUT2D eigenvalue weighted by molar-refractivity contribution is 5.78. The van der Waals surface area contributed by atoms with E-state index in [1.54, 1.807) is 0 Å². The third-order valence-corrected chi connectivity index (χ3v) is 4.60. The van der Waals surface area contributed by atoms with Crippen LogP contribution < -0.4 is 5.73 Å². The van der Waals surface area contributed by atoms with E-state index in [0.717, 1.165) is 25.9 Å². The van der Waals surface area contributed by atoms with Crippen molar-refractivity contribution in [2.75, 3.05) is 19.6 Å². The Labute approximate surface area is 110 Å². The zero-order valence-electron chi connectivity index (χ0n) is 11.8. The second kappa shape index (κ2) is 6.02. The fourth-order valence-corrected chi connectivity index (χ4v) is 3.61. The van der Waals surface area contributed by atoms with Gasteiger partial charge in [0.25, 0.3) is 0 Å². The minimum Gasteiger partial charge on any atom is -0.342 e. The summed E-state index contributed by atoms with van der Waals surface area (Å²) in [7, 11) is 0. The highest BCUT2D eigenvalue weighted by Crippen LogP contribution is 2.33. The molecule has 2 fully saturated rings. The Bertz CT molecular complexity index is 277. The molecule has 2 N–H and O–H groups in total. The fraction of sp³-hybridized carbons (Fsp3) is 0.929. The Kier molecular flexibility index (Phi) is 4.62. The van der Waals surface area contributed by atoms with E-state index < -0.39 is 0 Å². The average molecular weight is 253 g/mol. The highest BCUT2D eigenvalue weighted by Gasteiger charge is 2.38. The minimum atomic E-state index is 0.285. The lowest BCUT2D eigenvalue weighted by Crippen LogP contribution is -2.57. The maximum absolute atomic E-state index is 12.2. The summed E-state index contributed by atoms with van der Waals surface area (Å²) in [5, 5.41) is 0. The summed E-state index contributed by atoms with van der Waals surface area (Å²) in [5.41, 5.74) is 6.11.